The lowest BCUT2D eigenvalue weighted by atomic mass is 10.1. The van der Waals surface area contributed by atoms with Gasteiger partial charge in [0.25, 0.3) is 0 Å². The van der Waals surface area contributed by atoms with Gasteiger partial charge in [0.1, 0.15) is 5.75 Å². The number of likely N-dealkylation sites (tertiary alicyclic amines) is 1. The van der Waals surface area contributed by atoms with Gasteiger partial charge in [-0.2, -0.15) is 0 Å². The fourth-order valence-electron chi connectivity index (χ4n) is 4.00. The molecule has 31 heavy (non-hydrogen) atoms. The molecule has 7 nitrogen and oxygen atoms in total. The van der Waals surface area contributed by atoms with Crippen LogP contribution in [0.15, 0.2) is 48.7 Å². The monoisotopic (exact) mass is 424 g/mol. The van der Waals surface area contributed by atoms with Gasteiger partial charge in [-0.05, 0) is 55.3 Å². The van der Waals surface area contributed by atoms with Crippen LogP contribution in [0.1, 0.15) is 40.4 Å². The summed E-state index contributed by atoms with van der Waals surface area (Å²) in [6.07, 6.45) is 4.20. The third-order valence-corrected chi connectivity index (χ3v) is 5.49. The van der Waals surface area contributed by atoms with Crippen molar-refractivity contribution in [3.05, 3.63) is 71.2 Å². The molecule has 2 heterocycles. The average Bonchev–Trinajstić information content (AvgIpc) is 3.36. The van der Waals surface area contributed by atoms with Crippen molar-refractivity contribution in [2.75, 3.05) is 13.7 Å². The fourth-order valence-corrected chi connectivity index (χ4v) is 4.00. The minimum Gasteiger partial charge on any atom is -0.480 e. The first-order valence-electron chi connectivity index (χ1n) is 10.1. The van der Waals surface area contributed by atoms with Crippen LogP contribution in [0.2, 0.25) is 0 Å². The number of hydrogen-bond donors (Lipinski definition) is 1. The Bertz CT molecular complexity index is 1080. The van der Waals surface area contributed by atoms with Gasteiger partial charge in [0.2, 0.25) is 11.8 Å². The molecule has 1 fully saturated rings. The number of rotatable bonds is 7. The zero-order valence-electron chi connectivity index (χ0n) is 17.5. The number of hydrogen-bond acceptors (Lipinski definition) is 5. The molecule has 1 atom stereocenters. The van der Waals surface area contributed by atoms with Gasteiger partial charge in [0, 0.05) is 31.4 Å². The average molecular weight is 424 g/mol. The molecule has 3 aromatic rings. The van der Waals surface area contributed by atoms with E-state index in [2.05, 4.69) is 10.00 Å². The Morgan fingerprint density at radius 3 is 2.71 bits per heavy atom. The summed E-state index contributed by atoms with van der Waals surface area (Å²) >= 11 is 0. The summed E-state index contributed by atoms with van der Waals surface area (Å²) in [5, 5.41) is 4.38. The fraction of sp³-hybridized carbons (Fsp3) is 0.304. The molecule has 4 rings (SSSR count). The maximum atomic E-state index is 14.2. The van der Waals surface area contributed by atoms with Crippen molar-refractivity contribution in [3.63, 3.8) is 0 Å². The van der Waals surface area contributed by atoms with Crippen LogP contribution in [0.4, 0.5) is 4.39 Å². The Morgan fingerprint density at radius 1 is 1.26 bits per heavy atom. The number of primary amides is 1. The molecule has 0 aliphatic carbocycles. The zero-order valence-corrected chi connectivity index (χ0v) is 17.5. The van der Waals surface area contributed by atoms with Gasteiger partial charge < -0.3 is 15.2 Å². The number of nitrogens with two attached hydrogens (primary N) is 1. The predicted molar refractivity (Wildman–Crippen MR) is 114 cm³/mol. The Kier molecular flexibility index (Phi) is 5.90. The van der Waals surface area contributed by atoms with E-state index in [-0.39, 0.29) is 17.4 Å². The van der Waals surface area contributed by atoms with Crippen molar-refractivity contribution in [2.24, 2.45) is 12.8 Å². The van der Waals surface area contributed by atoms with Crippen LogP contribution in [-0.2, 0) is 13.6 Å². The second kappa shape index (κ2) is 8.77. The van der Waals surface area contributed by atoms with Gasteiger partial charge in [-0.15, -0.1) is 5.10 Å². The Labute approximate surface area is 180 Å². The maximum Gasteiger partial charge on any atom is 0.248 e. The molecule has 2 N–H and O–H groups in total. The number of ether oxygens (including phenoxy) is 2. The summed E-state index contributed by atoms with van der Waals surface area (Å²) in [5.41, 5.74) is 7.51. The molecule has 1 saturated heterocycles. The van der Waals surface area contributed by atoms with E-state index in [4.69, 9.17) is 15.2 Å². The maximum absolute atomic E-state index is 14.2. The molecule has 0 radical (unpaired) electrons. The molecule has 1 amide bonds. The van der Waals surface area contributed by atoms with E-state index in [1.54, 1.807) is 11.8 Å². The highest BCUT2D eigenvalue weighted by atomic mass is 19.1. The number of benzene rings is 2. The first kappa shape index (κ1) is 20.9. The summed E-state index contributed by atoms with van der Waals surface area (Å²) in [5.74, 6) is -0.0837. The molecule has 0 spiro atoms. The minimum atomic E-state index is -0.682. The number of nitrogens with zero attached hydrogens (tertiary/aromatic N) is 3. The van der Waals surface area contributed by atoms with E-state index in [9.17, 15) is 9.18 Å². The molecule has 2 aromatic carbocycles. The van der Waals surface area contributed by atoms with Crippen molar-refractivity contribution in [3.8, 4) is 17.4 Å². The van der Waals surface area contributed by atoms with E-state index in [0.717, 1.165) is 43.1 Å². The lowest BCUT2D eigenvalue weighted by Crippen LogP contribution is -2.22. The van der Waals surface area contributed by atoms with E-state index < -0.39 is 11.7 Å². The third kappa shape index (κ3) is 4.54. The van der Waals surface area contributed by atoms with Crippen LogP contribution in [-0.4, -0.2) is 34.2 Å². The number of amides is 1. The standard InChI is InChI=1S/C23H25FN4O3/c1-27-14-18(23(26-27)30-2)20-4-3-11-28(20)13-15-5-8-17(9-6-15)31-21-10-7-16(22(25)29)12-19(21)24/h5-10,12,14,20H,3-4,11,13H2,1-2H3,(H2,25,29)/t20-/m0/s1. The van der Waals surface area contributed by atoms with E-state index in [1.165, 1.54) is 12.1 Å². The summed E-state index contributed by atoms with van der Waals surface area (Å²) in [6.45, 7) is 1.78. The van der Waals surface area contributed by atoms with E-state index in [0.29, 0.717) is 11.6 Å². The highest BCUT2D eigenvalue weighted by molar-refractivity contribution is 5.92. The number of aryl methyl sites for hydroxylation is 1. The van der Waals surface area contributed by atoms with Crippen molar-refractivity contribution in [2.45, 2.75) is 25.4 Å². The van der Waals surface area contributed by atoms with Crippen molar-refractivity contribution >= 4 is 5.91 Å². The summed E-state index contributed by atoms with van der Waals surface area (Å²) in [7, 11) is 3.54. The lowest BCUT2D eigenvalue weighted by molar-refractivity contribution is 0.1000. The quantitative estimate of drug-likeness (QED) is 0.624. The number of carbonyl (C=O) groups excluding carboxylic acids is 1. The smallest absolute Gasteiger partial charge is 0.248 e. The first-order chi connectivity index (χ1) is 14.9. The minimum absolute atomic E-state index is 0.0426. The molecule has 1 aromatic heterocycles. The van der Waals surface area contributed by atoms with Crippen LogP contribution in [0, 0.1) is 5.82 Å². The Morgan fingerprint density at radius 2 is 2.03 bits per heavy atom. The Balaban J connectivity index is 1.44. The van der Waals surface area contributed by atoms with Gasteiger partial charge in [-0.25, -0.2) is 4.39 Å². The third-order valence-electron chi connectivity index (χ3n) is 5.49. The number of carbonyl (C=O) groups is 1. The van der Waals surface area contributed by atoms with Crippen molar-refractivity contribution in [1.82, 2.24) is 14.7 Å². The van der Waals surface area contributed by atoms with Crippen LogP contribution in [0.3, 0.4) is 0 Å². The second-order valence-corrected chi connectivity index (χ2v) is 7.65. The Hall–Kier alpha value is -3.39. The first-order valence-corrected chi connectivity index (χ1v) is 10.1. The highest BCUT2D eigenvalue weighted by Crippen LogP contribution is 2.37. The molecule has 1 aliphatic rings. The van der Waals surface area contributed by atoms with Crippen LogP contribution in [0.25, 0.3) is 0 Å². The highest BCUT2D eigenvalue weighted by Gasteiger charge is 2.30. The van der Waals surface area contributed by atoms with Crippen LogP contribution >= 0.6 is 0 Å². The number of methoxy groups -OCH3 is 1. The van der Waals surface area contributed by atoms with Crippen molar-refractivity contribution < 1.29 is 18.7 Å². The summed E-state index contributed by atoms with van der Waals surface area (Å²) < 4.78 is 27.0. The summed E-state index contributed by atoms with van der Waals surface area (Å²) in [4.78, 5) is 13.6. The predicted octanol–water partition coefficient (Wildman–Crippen LogP) is 3.80. The largest absolute Gasteiger partial charge is 0.480 e. The van der Waals surface area contributed by atoms with Gasteiger partial charge in [0.05, 0.1) is 12.7 Å². The molecular weight excluding hydrogens is 399 g/mol. The second-order valence-electron chi connectivity index (χ2n) is 7.65. The number of aromatic nitrogens is 2. The van der Waals surface area contributed by atoms with Gasteiger partial charge >= 0.3 is 0 Å². The molecule has 0 unspecified atom stereocenters. The van der Waals surface area contributed by atoms with E-state index >= 15 is 0 Å². The molecular formula is C23H25FN4O3. The molecule has 1 aliphatic heterocycles. The lowest BCUT2D eigenvalue weighted by Gasteiger charge is -2.24. The molecule has 0 saturated carbocycles. The van der Waals surface area contributed by atoms with E-state index in [1.807, 2.05) is 37.5 Å². The van der Waals surface area contributed by atoms with Crippen LogP contribution in [0.5, 0.6) is 17.4 Å². The van der Waals surface area contributed by atoms with Crippen LogP contribution < -0.4 is 15.2 Å². The van der Waals surface area contributed by atoms with Gasteiger partial charge in [-0.1, -0.05) is 12.1 Å². The molecule has 0 bridgehead atoms. The van der Waals surface area contributed by atoms with Gasteiger partial charge in [-0.3, -0.25) is 14.4 Å². The number of halogens is 1. The topological polar surface area (TPSA) is 82.6 Å². The molecule has 162 valence electrons. The van der Waals surface area contributed by atoms with Gasteiger partial charge in [0.15, 0.2) is 11.6 Å². The van der Waals surface area contributed by atoms with Crippen molar-refractivity contribution in [1.29, 1.82) is 0 Å². The summed E-state index contributed by atoms with van der Waals surface area (Å²) in [6, 6.07) is 11.7. The SMILES string of the molecule is COc1nn(C)cc1[C@@H]1CCCN1Cc1ccc(Oc2ccc(C(N)=O)cc2F)cc1. The zero-order chi connectivity index (χ0) is 22.0. The normalized spacial score (nSPS) is 16.4. The molecule has 8 heteroatoms.